The van der Waals surface area contributed by atoms with Gasteiger partial charge in [-0.05, 0) is 19.1 Å². The number of para-hydroxylation sites is 1. The van der Waals surface area contributed by atoms with Gasteiger partial charge in [-0.3, -0.25) is 0 Å². The van der Waals surface area contributed by atoms with Gasteiger partial charge in [-0.1, -0.05) is 19.1 Å². The molecule has 0 unspecified atom stereocenters. The maximum atomic E-state index is 11.8. The Labute approximate surface area is 107 Å². The summed E-state index contributed by atoms with van der Waals surface area (Å²) < 4.78 is 10.2. The van der Waals surface area contributed by atoms with Gasteiger partial charge in [0.1, 0.15) is 0 Å². The van der Waals surface area contributed by atoms with E-state index in [1.54, 1.807) is 13.0 Å². The second-order valence-electron chi connectivity index (χ2n) is 4.92. The number of ether oxygens (including phenoxy) is 2. The third-order valence-corrected chi connectivity index (χ3v) is 3.03. The minimum absolute atomic E-state index is 0.168. The van der Waals surface area contributed by atoms with Crippen molar-refractivity contribution in [3.63, 3.8) is 0 Å². The normalized spacial score (nSPS) is 16.8. The summed E-state index contributed by atoms with van der Waals surface area (Å²) in [4.78, 5) is 11.8. The van der Waals surface area contributed by atoms with Crippen molar-refractivity contribution >= 4 is 11.7 Å². The highest BCUT2D eigenvalue weighted by atomic mass is 16.5. The highest BCUT2D eigenvalue weighted by Crippen LogP contribution is 2.27. The van der Waals surface area contributed by atoms with Gasteiger partial charge in [0.05, 0.1) is 25.4 Å². The molecule has 0 atom stereocenters. The first kappa shape index (κ1) is 12.9. The van der Waals surface area contributed by atoms with Crippen LogP contribution in [-0.2, 0) is 9.47 Å². The topological polar surface area (TPSA) is 47.6 Å². The van der Waals surface area contributed by atoms with Crippen LogP contribution in [0.3, 0.4) is 0 Å². The Balaban J connectivity index is 2.05. The Kier molecular flexibility index (Phi) is 3.87. The number of hydrogen-bond acceptors (Lipinski definition) is 4. The summed E-state index contributed by atoms with van der Waals surface area (Å²) >= 11 is 0. The number of nitrogens with one attached hydrogen (secondary N) is 1. The Morgan fingerprint density at radius 3 is 2.78 bits per heavy atom. The van der Waals surface area contributed by atoms with E-state index in [1.165, 1.54) is 0 Å². The highest BCUT2D eigenvalue weighted by molar-refractivity contribution is 5.95. The van der Waals surface area contributed by atoms with Crippen LogP contribution in [0, 0.1) is 5.41 Å². The van der Waals surface area contributed by atoms with Crippen LogP contribution in [0.2, 0.25) is 0 Å². The van der Waals surface area contributed by atoms with Crippen molar-refractivity contribution in [3.05, 3.63) is 29.8 Å². The first-order valence-electron chi connectivity index (χ1n) is 6.22. The second kappa shape index (κ2) is 5.40. The number of hydrogen-bond donors (Lipinski definition) is 1. The van der Waals surface area contributed by atoms with Gasteiger partial charge in [0.2, 0.25) is 0 Å². The molecule has 1 aliphatic heterocycles. The zero-order valence-electron chi connectivity index (χ0n) is 10.9. The lowest BCUT2D eigenvalue weighted by molar-refractivity contribution is -0.0924. The first-order valence-corrected chi connectivity index (χ1v) is 6.22. The largest absolute Gasteiger partial charge is 0.462 e. The molecule has 1 heterocycles. The van der Waals surface area contributed by atoms with Crippen LogP contribution in [0.25, 0.3) is 0 Å². The van der Waals surface area contributed by atoms with Gasteiger partial charge in [0.15, 0.2) is 0 Å². The van der Waals surface area contributed by atoms with Crippen LogP contribution in [0.5, 0.6) is 0 Å². The molecule has 1 N–H and O–H groups in total. The average Bonchev–Trinajstić information content (AvgIpc) is 2.35. The molecule has 4 heteroatoms. The van der Waals surface area contributed by atoms with Crippen molar-refractivity contribution in [2.24, 2.45) is 5.41 Å². The molecule has 0 bridgehead atoms. The quantitative estimate of drug-likeness (QED) is 0.813. The van der Waals surface area contributed by atoms with Crippen molar-refractivity contribution in [3.8, 4) is 0 Å². The van der Waals surface area contributed by atoms with Gasteiger partial charge < -0.3 is 14.8 Å². The van der Waals surface area contributed by atoms with Crippen LogP contribution in [0.1, 0.15) is 24.2 Å². The summed E-state index contributed by atoms with van der Waals surface area (Å²) in [5.74, 6) is -0.282. The molecule has 0 spiro atoms. The Bertz CT molecular complexity index is 427. The number of carbonyl (C=O) groups excluding carboxylic acids is 1. The predicted octanol–water partition coefficient (Wildman–Crippen LogP) is 2.31. The van der Waals surface area contributed by atoms with Crippen LogP contribution in [0.15, 0.2) is 24.3 Å². The summed E-state index contributed by atoms with van der Waals surface area (Å²) in [7, 11) is 0. The van der Waals surface area contributed by atoms with Crippen molar-refractivity contribution in [2.45, 2.75) is 13.8 Å². The fraction of sp³-hybridized carbons (Fsp3) is 0.500. The molecule has 1 aliphatic rings. The molecule has 0 radical (unpaired) electrons. The van der Waals surface area contributed by atoms with E-state index in [4.69, 9.17) is 9.47 Å². The average molecular weight is 249 g/mol. The summed E-state index contributed by atoms with van der Waals surface area (Å²) in [6.45, 7) is 6.68. The van der Waals surface area contributed by atoms with Crippen LogP contribution < -0.4 is 5.32 Å². The molecule has 1 saturated heterocycles. The van der Waals surface area contributed by atoms with E-state index >= 15 is 0 Å². The van der Waals surface area contributed by atoms with Gasteiger partial charge in [-0.25, -0.2) is 4.79 Å². The molecule has 4 nitrogen and oxygen atoms in total. The van der Waals surface area contributed by atoms with E-state index in [0.29, 0.717) is 12.2 Å². The standard InChI is InChI=1S/C14H19NO3/c1-3-18-13(16)11-6-4-5-7-12(11)15-8-14(2)9-17-10-14/h4-7,15H,3,8-10H2,1-2H3. The van der Waals surface area contributed by atoms with Crippen molar-refractivity contribution in [1.82, 2.24) is 0 Å². The van der Waals surface area contributed by atoms with Gasteiger partial charge in [-0.2, -0.15) is 0 Å². The monoisotopic (exact) mass is 249 g/mol. The van der Waals surface area contributed by atoms with Crippen LogP contribution in [0.4, 0.5) is 5.69 Å². The van der Waals surface area contributed by atoms with E-state index in [9.17, 15) is 4.79 Å². The van der Waals surface area contributed by atoms with E-state index in [1.807, 2.05) is 18.2 Å². The van der Waals surface area contributed by atoms with Gasteiger partial charge in [0.25, 0.3) is 0 Å². The molecule has 1 aromatic rings. The van der Waals surface area contributed by atoms with Gasteiger partial charge in [-0.15, -0.1) is 0 Å². The number of benzene rings is 1. The molecule has 98 valence electrons. The molecular weight excluding hydrogens is 230 g/mol. The fourth-order valence-electron chi connectivity index (χ4n) is 1.89. The molecule has 0 aromatic heterocycles. The first-order chi connectivity index (χ1) is 8.64. The summed E-state index contributed by atoms with van der Waals surface area (Å²) in [5.41, 5.74) is 1.58. The van der Waals surface area contributed by atoms with E-state index in [2.05, 4.69) is 12.2 Å². The van der Waals surface area contributed by atoms with Crippen LogP contribution in [-0.4, -0.2) is 32.3 Å². The molecule has 2 rings (SSSR count). The number of carbonyl (C=O) groups is 1. The Morgan fingerprint density at radius 1 is 1.44 bits per heavy atom. The van der Waals surface area contributed by atoms with Crippen molar-refractivity contribution in [2.75, 3.05) is 31.7 Å². The lowest BCUT2D eigenvalue weighted by Crippen LogP contribution is -2.45. The summed E-state index contributed by atoms with van der Waals surface area (Å²) in [5, 5.41) is 3.31. The minimum Gasteiger partial charge on any atom is -0.462 e. The maximum absolute atomic E-state index is 11.8. The number of rotatable bonds is 5. The number of anilines is 1. The summed E-state index contributed by atoms with van der Waals surface area (Å²) in [6.07, 6.45) is 0. The molecular formula is C14H19NO3. The Hall–Kier alpha value is -1.55. The maximum Gasteiger partial charge on any atom is 0.340 e. The Morgan fingerprint density at radius 2 is 2.17 bits per heavy atom. The highest BCUT2D eigenvalue weighted by Gasteiger charge is 2.33. The summed E-state index contributed by atoms with van der Waals surface area (Å²) in [6, 6.07) is 7.42. The third kappa shape index (κ3) is 2.82. The lowest BCUT2D eigenvalue weighted by Gasteiger charge is -2.38. The van der Waals surface area contributed by atoms with E-state index in [-0.39, 0.29) is 11.4 Å². The SMILES string of the molecule is CCOC(=O)c1ccccc1NCC1(C)COC1. The zero-order chi connectivity index (χ0) is 13.0. The number of esters is 1. The predicted molar refractivity (Wildman–Crippen MR) is 69.8 cm³/mol. The molecule has 18 heavy (non-hydrogen) atoms. The van der Waals surface area contributed by atoms with E-state index in [0.717, 1.165) is 25.4 Å². The fourth-order valence-corrected chi connectivity index (χ4v) is 1.89. The lowest BCUT2D eigenvalue weighted by atomic mass is 9.88. The van der Waals surface area contributed by atoms with Gasteiger partial charge >= 0.3 is 5.97 Å². The molecule has 1 fully saturated rings. The van der Waals surface area contributed by atoms with Crippen LogP contribution >= 0.6 is 0 Å². The molecule has 0 aliphatic carbocycles. The smallest absolute Gasteiger partial charge is 0.340 e. The third-order valence-electron chi connectivity index (χ3n) is 3.03. The van der Waals surface area contributed by atoms with Crippen molar-refractivity contribution < 1.29 is 14.3 Å². The van der Waals surface area contributed by atoms with Gasteiger partial charge in [0, 0.05) is 17.6 Å². The van der Waals surface area contributed by atoms with Crippen molar-refractivity contribution in [1.29, 1.82) is 0 Å². The molecule has 0 amide bonds. The minimum atomic E-state index is -0.282. The zero-order valence-corrected chi connectivity index (χ0v) is 10.9. The molecule has 0 saturated carbocycles. The molecule has 1 aromatic carbocycles. The second-order valence-corrected chi connectivity index (χ2v) is 4.92. The van der Waals surface area contributed by atoms with E-state index < -0.39 is 0 Å².